The largest absolute Gasteiger partial charge is 0.461 e. The van der Waals surface area contributed by atoms with Gasteiger partial charge in [-0.15, -0.1) is 5.10 Å². The number of ketones is 1. The second-order valence-electron chi connectivity index (χ2n) is 4.87. The van der Waals surface area contributed by atoms with Crippen molar-refractivity contribution in [2.45, 2.75) is 0 Å². The Labute approximate surface area is 130 Å². The van der Waals surface area contributed by atoms with Gasteiger partial charge in [-0.2, -0.15) is 4.52 Å². The molecule has 7 nitrogen and oxygen atoms in total. The number of rotatable bonds is 3. The predicted octanol–water partition coefficient (Wildman–Crippen LogP) is 2.20. The fourth-order valence-corrected chi connectivity index (χ4v) is 2.30. The van der Waals surface area contributed by atoms with Crippen LogP contribution in [-0.4, -0.2) is 25.4 Å². The van der Waals surface area contributed by atoms with Crippen molar-refractivity contribution in [1.29, 1.82) is 0 Å². The van der Waals surface area contributed by atoms with Gasteiger partial charge in [0.2, 0.25) is 11.8 Å². The maximum atomic E-state index is 12.7. The van der Waals surface area contributed by atoms with Crippen LogP contribution in [-0.2, 0) is 0 Å². The van der Waals surface area contributed by atoms with Crippen molar-refractivity contribution in [2.24, 2.45) is 0 Å². The van der Waals surface area contributed by atoms with Gasteiger partial charge in [0.25, 0.3) is 0 Å². The Morgan fingerprint density at radius 1 is 1.13 bits per heavy atom. The first-order chi connectivity index (χ1) is 11.2. The Morgan fingerprint density at radius 2 is 1.96 bits per heavy atom. The Hall–Kier alpha value is -3.48. The molecular weight excluding hydrogens is 294 g/mol. The number of hydrogen-bond acceptors (Lipinski definition) is 6. The van der Waals surface area contributed by atoms with Gasteiger partial charge in [-0.05, 0) is 12.1 Å². The summed E-state index contributed by atoms with van der Waals surface area (Å²) in [5, 5.41) is 4.26. The average molecular weight is 305 g/mol. The molecule has 1 aromatic carbocycles. The lowest BCUT2D eigenvalue weighted by Gasteiger charge is -2.03. The summed E-state index contributed by atoms with van der Waals surface area (Å²) in [6.45, 7) is 0. The molecule has 0 radical (unpaired) electrons. The first-order valence-corrected chi connectivity index (χ1v) is 6.89. The van der Waals surface area contributed by atoms with Crippen LogP contribution in [0.25, 0.3) is 17.2 Å². The maximum Gasteiger partial charge on any atom is 0.223 e. The second kappa shape index (κ2) is 5.06. The van der Waals surface area contributed by atoms with Crippen molar-refractivity contribution in [1.82, 2.24) is 19.6 Å². The van der Waals surface area contributed by atoms with E-state index in [-0.39, 0.29) is 11.7 Å². The Balaban J connectivity index is 1.91. The number of nitrogens with zero attached hydrogens (tertiary/aromatic N) is 4. The molecule has 3 aromatic heterocycles. The molecule has 4 rings (SSSR count). The number of anilines is 1. The molecule has 112 valence electrons. The van der Waals surface area contributed by atoms with E-state index in [1.165, 1.54) is 17.0 Å². The average Bonchev–Trinajstić information content (AvgIpc) is 3.25. The van der Waals surface area contributed by atoms with Gasteiger partial charge in [0, 0.05) is 11.8 Å². The molecule has 0 saturated carbocycles. The van der Waals surface area contributed by atoms with Crippen molar-refractivity contribution in [3.63, 3.8) is 0 Å². The smallest absolute Gasteiger partial charge is 0.223 e. The highest BCUT2D eigenvalue weighted by Gasteiger charge is 2.19. The zero-order valence-corrected chi connectivity index (χ0v) is 11.9. The standard InChI is InChI=1S/C16H11N5O2/c17-16-18-9-11(13(22)10-5-2-1-3-6-10)15-19-14(20-21(15)16)12-7-4-8-23-12/h1-9H,(H2,17,18). The summed E-state index contributed by atoms with van der Waals surface area (Å²) < 4.78 is 6.63. The van der Waals surface area contributed by atoms with Crippen LogP contribution in [0.3, 0.4) is 0 Å². The second-order valence-corrected chi connectivity index (χ2v) is 4.87. The molecule has 23 heavy (non-hydrogen) atoms. The third kappa shape index (κ3) is 2.15. The number of benzene rings is 1. The van der Waals surface area contributed by atoms with E-state index < -0.39 is 0 Å². The minimum Gasteiger partial charge on any atom is -0.461 e. The van der Waals surface area contributed by atoms with Gasteiger partial charge in [0.05, 0.1) is 11.8 Å². The van der Waals surface area contributed by atoms with E-state index in [1.54, 1.807) is 36.4 Å². The van der Waals surface area contributed by atoms with E-state index in [4.69, 9.17) is 10.2 Å². The van der Waals surface area contributed by atoms with Gasteiger partial charge in [-0.1, -0.05) is 30.3 Å². The van der Waals surface area contributed by atoms with Crippen molar-refractivity contribution in [2.75, 3.05) is 5.73 Å². The molecule has 7 heteroatoms. The number of furan rings is 1. The topological polar surface area (TPSA) is 99.3 Å². The lowest BCUT2D eigenvalue weighted by Crippen LogP contribution is -2.09. The molecular formula is C16H11N5O2. The van der Waals surface area contributed by atoms with Crippen LogP contribution < -0.4 is 5.73 Å². The van der Waals surface area contributed by atoms with Crippen molar-refractivity contribution >= 4 is 17.4 Å². The normalized spacial score (nSPS) is 11.0. The van der Waals surface area contributed by atoms with E-state index in [9.17, 15) is 4.79 Å². The Bertz CT molecular complexity index is 990. The first kappa shape index (κ1) is 13.2. The highest BCUT2D eigenvalue weighted by atomic mass is 16.3. The highest BCUT2D eigenvalue weighted by Crippen LogP contribution is 2.21. The Kier molecular flexibility index (Phi) is 2.90. The molecule has 4 aromatic rings. The molecule has 0 aliphatic heterocycles. The maximum absolute atomic E-state index is 12.7. The van der Waals surface area contributed by atoms with E-state index in [0.29, 0.717) is 28.4 Å². The summed E-state index contributed by atoms with van der Waals surface area (Å²) in [7, 11) is 0. The number of carbonyl (C=O) groups excluding carboxylic acids is 1. The molecule has 0 saturated heterocycles. The summed E-state index contributed by atoms with van der Waals surface area (Å²) in [4.78, 5) is 21.1. The van der Waals surface area contributed by atoms with Crippen LogP contribution in [0.2, 0.25) is 0 Å². The summed E-state index contributed by atoms with van der Waals surface area (Å²) in [5.41, 5.74) is 7.06. The zero-order chi connectivity index (χ0) is 15.8. The minimum atomic E-state index is -0.193. The lowest BCUT2D eigenvalue weighted by atomic mass is 10.1. The fraction of sp³-hybridized carbons (Fsp3) is 0. The van der Waals surface area contributed by atoms with Crippen molar-refractivity contribution in [3.8, 4) is 11.6 Å². The van der Waals surface area contributed by atoms with Crippen LogP contribution in [0, 0.1) is 0 Å². The summed E-state index contributed by atoms with van der Waals surface area (Å²) in [6.07, 6.45) is 2.94. The molecule has 3 heterocycles. The number of nitrogen functional groups attached to an aromatic ring is 1. The molecule has 0 unspecified atom stereocenters. The van der Waals surface area contributed by atoms with Crippen molar-refractivity contribution in [3.05, 3.63) is 66.1 Å². The summed E-state index contributed by atoms with van der Waals surface area (Å²) in [6, 6.07) is 12.4. The number of fused-ring (bicyclic) bond motifs is 1. The van der Waals surface area contributed by atoms with Gasteiger partial charge in [-0.3, -0.25) is 4.79 Å². The first-order valence-electron chi connectivity index (χ1n) is 6.89. The van der Waals surface area contributed by atoms with Crippen LogP contribution in [0.4, 0.5) is 5.95 Å². The molecule has 0 amide bonds. The van der Waals surface area contributed by atoms with Crippen LogP contribution in [0.15, 0.2) is 59.3 Å². The molecule has 2 N–H and O–H groups in total. The number of nitrogens with two attached hydrogens (primary N) is 1. The SMILES string of the molecule is Nc1ncc(C(=O)c2ccccc2)c2nc(-c3ccco3)nn12. The molecule has 0 aliphatic carbocycles. The summed E-state index contributed by atoms with van der Waals surface area (Å²) >= 11 is 0. The Morgan fingerprint density at radius 3 is 2.70 bits per heavy atom. The van der Waals surface area contributed by atoms with Crippen LogP contribution in [0.1, 0.15) is 15.9 Å². The third-order valence-electron chi connectivity index (χ3n) is 3.41. The van der Waals surface area contributed by atoms with Gasteiger partial charge in [0.1, 0.15) is 0 Å². The number of aromatic nitrogens is 4. The number of hydrogen-bond donors (Lipinski definition) is 1. The van der Waals surface area contributed by atoms with E-state index >= 15 is 0 Å². The monoisotopic (exact) mass is 305 g/mol. The number of carbonyl (C=O) groups is 1. The summed E-state index contributed by atoms with van der Waals surface area (Å²) in [5.74, 6) is 0.791. The zero-order valence-electron chi connectivity index (χ0n) is 11.9. The minimum absolute atomic E-state index is 0.148. The van der Waals surface area contributed by atoms with Crippen LogP contribution >= 0.6 is 0 Å². The van der Waals surface area contributed by atoms with E-state index in [1.807, 2.05) is 6.07 Å². The molecule has 0 atom stereocenters. The van der Waals surface area contributed by atoms with Gasteiger partial charge in [-0.25, -0.2) is 9.97 Å². The van der Waals surface area contributed by atoms with Gasteiger partial charge >= 0.3 is 0 Å². The quantitative estimate of drug-likeness (QED) is 0.582. The highest BCUT2D eigenvalue weighted by molar-refractivity contribution is 6.12. The van der Waals surface area contributed by atoms with Gasteiger partial charge < -0.3 is 10.2 Å². The fourth-order valence-electron chi connectivity index (χ4n) is 2.30. The molecule has 0 aliphatic rings. The predicted molar refractivity (Wildman–Crippen MR) is 82.8 cm³/mol. The molecule has 0 fully saturated rings. The van der Waals surface area contributed by atoms with Gasteiger partial charge in [0.15, 0.2) is 17.2 Å². The van der Waals surface area contributed by atoms with E-state index in [2.05, 4.69) is 15.1 Å². The molecule has 0 bridgehead atoms. The van der Waals surface area contributed by atoms with Crippen molar-refractivity contribution < 1.29 is 9.21 Å². The van der Waals surface area contributed by atoms with Crippen LogP contribution in [0.5, 0.6) is 0 Å². The van der Waals surface area contributed by atoms with E-state index in [0.717, 1.165) is 0 Å². The third-order valence-corrected chi connectivity index (χ3v) is 3.41. The molecule has 0 spiro atoms. The lowest BCUT2D eigenvalue weighted by molar-refractivity contribution is 0.103.